The number of nitrogens with zero attached hydrogens (tertiary/aromatic N) is 2. The molecule has 32 heavy (non-hydrogen) atoms. The summed E-state index contributed by atoms with van der Waals surface area (Å²) >= 11 is 11.9. The molecule has 1 aromatic heterocycles. The van der Waals surface area contributed by atoms with E-state index in [1.807, 2.05) is 0 Å². The van der Waals surface area contributed by atoms with E-state index in [2.05, 4.69) is 10.6 Å². The normalized spacial score (nSPS) is 10.4. The minimum atomic E-state index is -0.775. The molecule has 0 spiro atoms. The number of hydrogen-bond donors (Lipinski definition) is 2. The Bertz CT molecular complexity index is 1300. The van der Waals surface area contributed by atoms with Crippen molar-refractivity contribution in [1.29, 1.82) is 0 Å². The number of hydrogen-bond acceptors (Lipinski definition) is 4. The fraction of sp³-hybridized carbons (Fsp3) is 0.0909. The molecular weight excluding hydrogens is 455 g/mol. The van der Waals surface area contributed by atoms with E-state index in [9.17, 15) is 19.2 Å². The van der Waals surface area contributed by atoms with Crippen LogP contribution in [0.4, 0.5) is 11.4 Å². The summed E-state index contributed by atoms with van der Waals surface area (Å²) in [5.41, 5.74) is -0.861. The zero-order chi connectivity index (χ0) is 23.4. The van der Waals surface area contributed by atoms with Gasteiger partial charge in [0, 0.05) is 41.7 Å². The van der Waals surface area contributed by atoms with E-state index in [-0.39, 0.29) is 11.1 Å². The van der Waals surface area contributed by atoms with Gasteiger partial charge in [0.15, 0.2) is 0 Å². The van der Waals surface area contributed by atoms with Crippen LogP contribution in [0.25, 0.3) is 6.08 Å². The maximum absolute atomic E-state index is 13.0. The van der Waals surface area contributed by atoms with Crippen molar-refractivity contribution >= 4 is 52.5 Å². The van der Waals surface area contributed by atoms with Gasteiger partial charge in [0.25, 0.3) is 17.4 Å². The van der Waals surface area contributed by atoms with Gasteiger partial charge < -0.3 is 15.2 Å². The van der Waals surface area contributed by atoms with Gasteiger partial charge in [-0.2, -0.15) is 0 Å². The summed E-state index contributed by atoms with van der Waals surface area (Å²) in [6.45, 7) is 0. The van der Waals surface area contributed by atoms with E-state index in [0.717, 1.165) is 10.6 Å². The molecular formula is C22H18Cl2N4O4. The van der Waals surface area contributed by atoms with Gasteiger partial charge in [0.1, 0.15) is 5.57 Å². The molecule has 0 fully saturated rings. The van der Waals surface area contributed by atoms with Gasteiger partial charge in [-0.15, -0.1) is 0 Å². The summed E-state index contributed by atoms with van der Waals surface area (Å²) < 4.78 is 2.06. The van der Waals surface area contributed by atoms with Crippen molar-refractivity contribution < 1.29 is 9.59 Å². The maximum atomic E-state index is 13.0. The Hall–Kier alpha value is -3.62. The highest BCUT2D eigenvalue weighted by Gasteiger charge is 2.21. The molecule has 2 amide bonds. The topological polar surface area (TPSA) is 102 Å². The predicted octanol–water partition coefficient (Wildman–Crippen LogP) is 3.05. The lowest BCUT2D eigenvalue weighted by Gasteiger charge is -2.11. The van der Waals surface area contributed by atoms with Crippen molar-refractivity contribution in [2.75, 3.05) is 10.6 Å². The Morgan fingerprint density at radius 3 is 1.84 bits per heavy atom. The monoisotopic (exact) mass is 472 g/mol. The smallest absolute Gasteiger partial charge is 0.322 e. The number of amides is 2. The summed E-state index contributed by atoms with van der Waals surface area (Å²) in [5.74, 6) is -1.55. The quantitative estimate of drug-likeness (QED) is 0.338. The summed E-state index contributed by atoms with van der Waals surface area (Å²) in [5, 5.41) is 5.96. The van der Waals surface area contributed by atoms with Crippen LogP contribution in [0.1, 0.15) is 5.56 Å². The number of anilines is 2. The standard InChI is InChI=1S/C22H18Cl2N4O4/c1-27-12-13(21(31)28(2)22(27)32)9-18(19(29)25-16-7-3-5-14(23)10-16)20(30)26-17-8-4-6-15(24)11-17/h3-12H,1-2H3,(H,25,29)(H,26,30). The Morgan fingerprint density at radius 1 is 0.875 bits per heavy atom. The van der Waals surface area contributed by atoms with Crippen LogP contribution < -0.4 is 21.9 Å². The second kappa shape index (κ2) is 9.67. The molecule has 0 unspecified atom stereocenters. The first-order valence-electron chi connectivity index (χ1n) is 9.28. The number of carbonyl (C=O) groups excluding carboxylic acids is 2. The average molecular weight is 473 g/mol. The fourth-order valence-electron chi connectivity index (χ4n) is 2.85. The molecule has 0 saturated heterocycles. The minimum Gasteiger partial charge on any atom is -0.322 e. The molecule has 0 aliphatic carbocycles. The van der Waals surface area contributed by atoms with Crippen LogP contribution in [0.5, 0.6) is 0 Å². The van der Waals surface area contributed by atoms with Crippen LogP contribution in [-0.4, -0.2) is 20.9 Å². The average Bonchev–Trinajstić information content (AvgIpc) is 2.73. The Labute approximate surface area is 192 Å². The number of benzene rings is 2. The van der Waals surface area contributed by atoms with Crippen LogP contribution in [0.3, 0.4) is 0 Å². The van der Waals surface area contributed by atoms with Gasteiger partial charge >= 0.3 is 5.69 Å². The second-order valence-electron chi connectivity index (χ2n) is 6.83. The van der Waals surface area contributed by atoms with Crippen molar-refractivity contribution in [3.63, 3.8) is 0 Å². The third-order valence-corrected chi connectivity index (χ3v) is 4.90. The summed E-state index contributed by atoms with van der Waals surface area (Å²) in [6, 6.07) is 12.8. The number of aromatic nitrogens is 2. The molecule has 1 heterocycles. The third-order valence-electron chi connectivity index (χ3n) is 4.43. The van der Waals surface area contributed by atoms with Crippen LogP contribution in [0.2, 0.25) is 10.0 Å². The Balaban J connectivity index is 2.05. The maximum Gasteiger partial charge on any atom is 0.330 e. The number of nitrogens with one attached hydrogen (secondary N) is 2. The number of rotatable bonds is 5. The molecule has 0 atom stereocenters. The molecule has 0 saturated carbocycles. The van der Waals surface area contributed by atoms with Gasteiger partial charge in [0.05, 0.1) is 5.56 Å². The van der Waals surface area contributed by atoms with E-state index in [1.54, 1.807) is 36.4 Å². The number of aryl methyl sites for hydroxylation is 1. The minimum absolute atomic E-state index is 0.0212. The van der Waals surface area contributed by atoms with Crippen LogP contribution >= 0.6 is 23.2 Å². The Morgan fingerprint density at radius 2 is 1.38 bits per heavy atom. The SMILES string of the molecule is Cn1cc(C=C(C(=O)Nc2cccc(Cl)c2)C(=O)Nc2cccc(Cl)c2)c(=O)n(C)c1=O. The third kappa shape index (κ3) is 5.35. The molecule has 0 aliphatic heterocycles. The molecule has 0 bridgehead atoms. The highest BCUT2D eigenvalue weighted by molar-refractivity contribution is 6.32. The van der Waals surface area contributed by atoms with E-state index < -0.39 is 23.1 Å². The molecule has 164 valence electrons. The van der Waals surface area contributed by atoms with E-state index >= 15 is 0 Å². The molecule has 10 heteroatoms. The highest BCUT2D eigenvalue weighted by atomic mass is 35.5. The molecule has 8 nitrogen and oxygen atoms in total. The van der Waals surface area contributed by atoms with Crippen molar-refractivity contribution in [1.82, 2.24) is 9.13 Å². The zero-order valence-corrected chi connectivity index (χ0v) is 18.6. The van der Waals surface area contributed by atoms with Crippen molar-refractivity contribution in [2.24, 2.45) is 14.1 Å². The first-order chi connectivity index (χ1) is 15.2. The number of halogens is 2. The molecule has 3 rings (SSSR count). The lowest BCUT2D eigenvalue weighted by Crippen LogP contribution is -2.38. The van der Waals surface area contributed by atoms with Crippen molar-refractivity contribution in [3.05, 3.63) is 96.7 Å². The largest absolute Gasteiger partial charge is 0.330 e. The zero-order valence-electron chi connectivity index (χ0n) is 17.1. The van der Waals surface area contributed by atoms with Crippen LogP contribution in [0, 0.1) is 0 Å². The molecule has 2 aromatic carbocycles. The lowest BCUT2D eigenvalue weighted by atomic mass is 10.1. The summed E-state index contributed by atoms with van der Waals surface area (Å²) in [7, 11) is 2.76. The predicted molar refractivity (Wildman–Crippen MR) is 125 cm³/mol. The van der Waals surface area contributed by atoms with E-state index in [0.29, 0.717) is 21.4 Å². The van der Waals surface area contributed by atoms with Gasteiger partial charge in [0.2, 0.25) is 0 Å². The van der Waals surface area contributed by atoms with E-state index in [1.165, 1.54) is 37.0 Å². The highest BCUT2D eigenvalue weighted by Crippen LogP contribution is 2.18. The van der Waals surface area contributed by atoms with Crippen molar-refractivity contribution in [2.45, 2.75) is 0 Å². The Kier molecular flexibility index (Phi) is 6.97. The molecule has 3 aromatic rings. The summed E-state index contributed by atoms with van der Waals surface area (Å²) in [6.07, 6.45) is 2.38. The van der Waals surface area contributed by atoms with Crippen LogP contribution in [-0.2, 0) is 23.7 Å². The number of carbonyl (C=O) groups is 2. The van der Waals surface area contributed by atoms with Crippen molar-refractivity contribution in [3.8, 4) is 0 Å². The molecule has 2 N–H and O–H groups in total. The summed E-state index contributed by atoms with van der Waals surface area (Å²) in [4.78, 5) is 50.5. The van der Waals surface area contributed by atoms with Gasteiger partial charge in [-0.1, -0.05) is 35.3 Å². The fourth-order valence-corrected chi connectivity index (χ4v) is 3.23. The van der Waals surface area contributed by atoms with Crippen LogP contribution in [0.15, 0.2) is 69.9 Å². The molecule has 0 aliphatic rings. The second-order valence-corrected chi connectivity index (χ2v) is 7.70. The van der Waals surface area contributed by atoms with E-state index in [4.69, 9.17) is 23.2 Å². The first kappa shape index (κ1) is 23.1. The van der Waals surface area contributed by atoms with Gasteiger partial charge in [-0.25, -0.2) is 4.79 Å². The molecule has 0 radical (unpaired) electrons. The van der Waals surface area contributed by atoms with Gasteiger partial charge in [-0.3, -0.25) is 19.0 Å². The lowest BCUT2D eigenvalue weighted by molar-refractivity contribution is -0.118. The van der Waals surface area contributed by atoms with Gasteiger partial charge in [-0.05, 0) is 42.5 Å². The first-order valence-corrected chi connectivity index (χ1v) is 10.0.